The minimum atomic E-state index is 0.612. The van der Waals surface area contributed by atoms with Crippen LogP contribution in [0.4, 0.5) is 0 Å². The molecular weight excluding hydrogens is 272 g/mol. The summed E-state index contributed by atoms with van der Waals surface area (Å²) in [5.74, 6) is 2.41. The highest BCUT2D eigenvalue weighted by Gasteiger charge is 2.13. The van der Waals surface area contributed by atoms with Crippen molar-refractivity contribution in [1.29, 1.82) is 0 Å². The van der Waals surface area contributed by atoms with Gasteiger partial charge in [-0.15, -0.1) is 0 Å². The van der Waals surface area contributed by atoms with Crippen molar-refractivity contribution in [3.05, 3.63) is 34.2 Å². The van der Waals surface area contributed by atoms with Crippen molar-refractivity contribution in [2.45, 2.75) is 20.3 Å². The normalized spacial score (nSPS) is 10.4. The van der Waals surface area contributed by atoms with Gasteiger partial charge in [0.15, 0.2) is 0 Å². The van der Waals surface area contributed by atoms with Crippen molar-refractivity contribution in [2.24, 2.45) is 0 Å². The lowest BCUT2D eigenvalue weighted by Gasteiger charge is -2.13. The Bertz CT molecular complexity index is 680. The lowest BCUT2D eigenvalue weighted by molar-refractivity contribution is 0.404. The van der Waals surface area contributed by atoms with Crippen LogP contribution < -0.4 is 9.47 Å². The first-order chi connectivity index (χ1) is 9.60. The summed E-state index contributed by atoms with van der Waals surface area (Å²) in [6.07, 6.45) is 0.795. The topological polar surface area (TPSA) is 47.1 Å². The molecular formula is C15H18N2O2S. The first-order valence-corrected chi connectivity index (χ1v) is 6.83. The van der Waals surface area contributed by atoms with Crippen molar-refractivity contribution in [3.63, 3.8) is 0 Å². The summed E-state index contributed by atoms with van der Waals surface area (Å²) >= 11 is 5.33. The van der Waals surface area contributed by atoms with Gasteiger partial charge in [-0.3, -0.25) is 0 Å². The van der Waals surface area contributed by atoms with Crippen molar-refractivity contribution >= 4 is 12.2 Å². The van der Waals surface area contributed by atoms with E-state index in [1.807, 2.05) is 32.0 Å². The zero-order valence-electron chi connectivity index (χ0n) is 12.1. The van der Waals surface area contributed by atoms with Crippen LogP contribution in [0.1, 0.15) is 18.3 Å². The van der Waals surface area contributed by atoms with Gasteiger partial charge in [-0.2, -0.15) is 0 Å². The van der Waals surface area contributed by atoms with Crippen molar-refractivity contribution < 1.29 is 9.47 Å². The molecule has 0 amide bonds. The molecule has 1 aromatic carbocycles. The second kappa shape index (κ2) is 6.05. The highest BCUT2D eigenvalue weighted by Crippen LogP contribution is 2.34. The summed E-state index contributed by atoms with van der Waals surface area (Å²) in [5, 5.41) is 0. The fourth-order valence-corrected chi connectivity index (χ4v) is 2.24. The molecule has 0 fully saturated rings. The minimum Gasteiger partial charge on any atom is -0.497 e. The average Bonchev–Trinajstić information content (AvgIpc) is 2.49. The maximum absolute atomic E-state index is 5.44. The van der Waals surface area contributed by atoms with Gasteiger partial charge in [-0.05, 0) is 25.1 Å². The van der Waals surface area contributed by atoms with Crippen LogP contribution in [0.2, 0.25) is 0 Å². The van der Waals surface area contributed by atoms with Gasteiger partial charge in [0.25, 0.3) is 0 Å². The Kier molecular flexibility index (Phi) is 4.39. The maximum atomic E-state index is 5.44. The summed E-state index contributed by atoms with van der Waals surface area (Å²) in [4.78, 5) is 7.69. The number of ether oxygens (including phenoxy) is 2. The first kappa shape index (κ1) is 14.5. The van der Waals surface area contributed by atoms with Crippen LogP contribution in [0.25, 0.3) is 11.3 Å². The number of H-pyrrole nitrogens is 1. The third kappa shape index (κ3) is 2.67. The third-order valence-corrected chi connectivity index (χ3v) is 3.61. The Labute approximate surface area is 123 Å². The summed E-state index contributed by atoms with van der Waals surface area (Å²) in [6, 6.07) is 5.69. The molecule has 106 valence electrons. The fraction of sp³-hybridized carbons (Fsp3) is 0.333. The number of aromatic nitrogens is 2. The molecule has 0 aliphatic carbocycles. The van der Waals surface area contributed by atoms with E-state index in [0.717, 1.165) is 40.6 Å². The molecule has 5 heteroatoms. The highest BCUT2D eigenvalue weighted by molar-refractivity contribution is 7.71. The van der Waals surface area contributed by atoms with E-state index in [0.29, 0.717) is 4.64 Å². The third-order valence-electron chi connectivity index (χ3n) is 3.21. The maximum Gasteiger partial charge on any atom is 0.133 e. The zero-order chi connectivity index (χ0) is 14.7. The molecule has 0 saturated carbocycles. The number of aryl methyl sites for hydroxylation is 1. The molecule has 0 radical (unpaired) electrons. The quantitative estimate of drug-likeness (QED) is 0.872. The van der Waals surface area contributed by atoms with Crippen LogP contribution in [0.5, 0.6) is 11.5 Å². The molecule has 1 aromatic heterocycles. The van der Waals surface area contributed by atoms with Gasteiger partial charge < -0.3 is 14.5 Å². The number of nitrogens with zero attached hydrogens (tertiary/aromatic N) is 1. The van der Waals surface area contributed by atoms with Crippen LogP contribution >= 0.6 is 12.2 Å². The Balaban J connectivity index is 2.72. The molecule has 2 rings (SSSR count). The van der Waals surface area contributed by atoms with Gasteiger partial charge in [0.2, 0.25) is 0 Å². The Morgan fingerprint density at radius 2 is 2.00 bits per heavy atom. The number of nitrogens with one attached hydrogen (secondary N) is 1. The Hall–Kier alpha value is -1.88. The fourth-order valence-electron chi connectivity index (χ4n) is 2.03. The lowest BCUT2D eigenvalue weighted by Crippen LogP contribution is -2.01. The number of methoxy groups -OCH3 is 2. The Morgan fingerprint density at radius 1 is 1.25 bits per heavy atom. The van der Waals surface area contributed by atoms with Crippen molar-refractivity contribution in [1.82, 2.24) is 9.97 Å². The second-order valence-corrected chi connectivity index (χ2v) is 4.80. The smallest absolute Gasteiger partial charge is 0.133 e. The number of rotatable bonds is 4. The van der Waals surface area contributed by atoms with Crippen LogP contribution in [-0.2, 0) is 6.42 Å². The molecule has 0 aliphatic heterocycles. The van der Waals surface area contributed by atoms with Gasteiger partial charge in [-0.25, -0.2) is 4.98 Å². The van der Waals surface area contributed by atoms with Gasteiger partial charge in [-0.1, -0.05) is 19.1 Å². The molecule has 2 aromatic rings. The number of hydrogen-bond donors (Lipinski definition) is 1. The molecule has 0 atom stereocenters. The van der Waals surface area contributed by atoms with E-state index < -0.39 is 0 Å². The molecule has 0 aliphatic rings. The molecule has 20 heavy (non-hydrogen) atoms. The van der Waals surface area contributed by atoms with Crippen LogP contribution in [0.3, 0.4) is 0 Å². The van der Waals surface area contributed by atoms with Gasteiger partial charge in [0.1, 0.15) is 22.0 Å². The van der Waals surface area contributed by atoms with E-state index in [4.69, 9.17) is 21.7 Å². The zero-order valence-corrected chi connectivity index (χ0v) is 12.9. The van der Waals surface area contributed by atoms with E-state index in [9.17, 15) is 0 Å². The Morgan fingerprint density at radius 3 is 2.60 bits per heavy atom. The van der Waals surface area contributed by atoms with E-state index in [2.05, 4.69) is 9.97 Å². The van der Waals surface area contributed by atoms with E-state index >= 15 is 0 Å². The van der Waals surface area contributed by atoms with E-state index in [-0.39, 0.29) is 0 Å². The monoisotopic (exact) mass is 290 g/mol. The number of hydrogen-bond acceptors (Lipinski definition) is 4. The molecule has 1 heterocycles. The molecule has 4 nitrogen and oxygen atoms in total. The SMILES string of the molecule is CCc1nc(=S)c(C)c(-c2cc(OC)ccc2OC)[nH]1. The summed E-state index contributed by atoms with van der Waals surface area (Å²) in [5.41, 5.74) is 2.79. The number of benzene rings is 1. The van der Waals surface area contributed by atoms with Crippen LogP contribution in [-0.4, -0.2) is 24.2 Å². The van der Waals surface area contributed by atoms with Crippen molar-refractivity contribution in [2.75, 3.05) is 14.2 Å². The largest absolute Gasteiger partial charge is 0.497 e. The van der Waals surface area contributed by atoms with E-state index in [1.165, 1.54) is 0 Å². The molecule has 0 spiro atoms. The highest BCUT2D eigenvalue weighted by atomic mass is 32.1. The van der Waals surface area contributed by atoms with Crippen LogP contribution in [0, 0.1) is 11.6 Å². The van der Waals surface area contributed by atoms with E-state index in [1.54, 1.807) is 14.2 Å². The lowest BCUT2D eigenvalue weighted by atomic mass is 10.1. The summed E-state index contributed by atoms with van der Waals surface area (Å²) in [6.45, 7) is 4.00. The molecule has 0 unspecified atom stereocenters. The first-order valence-electron chi connectivity index (χ1n) is 6.42. The summed E-state index contributed by atoms with van der Waals surface area (Å²) < 4.78 is 11.3. The van der Waals surface area contributed by atoms with Crippen molar-refractivity contribution in [3.8, 4) is 22.8 Å². The average molecular weight is 290 g/mol. The minimum absolute atomic E-state index is 0.612. The predicted molar refractivity (Wildman–Crippen MR) is 82.1 cm³/mol. The molecule has 0 saturated heterocycles. The standard InChI is InChI=1S/C15H18N2O2S/c1-5-13-16-14(9(2)15(20)17-13)11-8-10(18-3)6-7-12(11)19-4/h6-8H,5H2,1-4H3,(H,16,17,20). The number of aromatic amines is 1. The molecule has 0 bridgehead atoms. The summed E-state index contributed by atoms with van der Waals surface area (Å²) in [7, 11) is 3.29. The predicted octanol–water partition coefficient (Wildman–Crippen LogP) is 3.69. The second-order valence-electron chi connectivity index (χ2n) is 4.41. The molecule has 1 N–H and O–H groups in total. The van der Waals surface area contributed by atoms with Gasteiger partial charge >= 0.3 is 0 Å². The van der Waals surface area contributed by atoms with Gasteiger partial charge in [0, 0.05) is 17.5 Å². The van der Waals surface area contributed by atoms with Crippen LogP contribution in [0.15, 0.2) is 18.2 Å². The van der Waals surface area contributed by atoms with Gasteiger partial charge in [0.05, 0.1) is 19.9 Å².